The molecule has 2 fully saturated rings. The van der Waals surface area contributed by atoms with Crippen molar-refractivity contribution >= 4 is 15.7 Å². The van der Waals surface area contributed by atoms with Gasteiger partial charge in [-0.3, -0.25) is 4.79 Å². The zero-order valence-corrected chi connectivity index (χ0v) is 14.2. The molecule has 3 N–H and O–H groups in total. The highest BCUT2D eigenvalue weighted by atomic mass is 32.2. The van der Waals surface area contributed by atoms with Crippen LogP contribution in [-0.2, 0) is 9.84 Å². The Morgan fingerprint density at radius 2 is 1.87 bits per heavy atom. The van der Waals surface area contributed by atoms with Crippen molar-refractivity contribution in [3.8, 4) is 0 Å². The predicted octanol–water partition coefficient (Wildman–Crippen LogP) is 1.73. The molecule has 23 heavy (non-hydrogen) atoms. The van der Waals surface area contributed by atoms with Crippen LogP contribution in [0.3, 0.4) is 0 Å². The minimum atomic E-state index is -3.31. The van der Waals surface area contributed by atoms with E-state index < -0.39 is 9.84 Å². The quantitative estimate of drug-likeness (QED) is 0.879. The monoisotopic (exact) mass is 336 g/mol. The summed E-state index contributed by atoms with van der Waals surface area (Å²) in [5, 5.41) is 3.15. The minimum Gasteiger partial charge on any atom is -0.349 e. The van der Waals surface area contributed by atoms with Crippen LogP contribution in [0.5, 0.6) is 0 Å². The van der Waals surface area contributed by atoms with Crippen LogP contribution < -0.4 is 11.1 Å². The van der Waals surface area contributed by atoms with Gasteiger partial charge in [0.2, 0.25) is 0 Å². The minimum absolute atomic E-state index is 0.165. The van der Waals surface area contributed by atoms with Gasteiger partial charge in [-0.1, -0.05) is 12.5 Å². The summed E-state index contributed by atoms with van der Waals surface area (Å²) >= 11 is 0. The first-order valence-corrected chi connectivity index (χ1v) is 10.1. The largest absolute Gasteiger partial charge is 0.349 e. The topological polar surface area (TPSA) is 89.3 Å². The second-order valence-corrected chi connectivity index (χ2v) is 9.00. The molecule has 3 rings (SSSR count). The Morgan fingerprint density at radius 1 is 1.22 bits per heavy atom. The summed E-state index contributed by atoms with van der Waals surface area (Å²) in [4.78, 5) is 12.7. The van der Waals surface area contributed by atoms with Crippen molar-refractivity contribution in [1.29, 1.82) is 0 Å². The van der Waals surface area contributed by atoms with Crippen LogP contribution in [-0.4, -0.2) is 32.7 Å². The lowest BCUT2D eigenvalue weighted by Gasteiger charge is -2.45. The molecule has 0 spiro atoms. The molecular formula is C17H24N2O3S. The molecule has 2 unspecified atom stereocenters. The molecule has 6 heteroatoms. The molecule has 0 radical (unpaired) electrons. The number of benzene rings is 1. The third kappa shape index (κ3) is 3.58. The molecule has 2 aliphatic rings. The summed E-state index contributed by atoms with van der Waals surface area (Å²) in [6, 6.07) is 6.65. The van der Waals surface area contributed by atoms with E-state index in [0.29, 0.717) is 17.4 Å². The SMILES string of the molecule is CS(=O)(=O)c1cccc(C(=O)NC2C3CCCC2CC(N)C3)c1. The van der Waals surface area contributed by atoms with E-state index in [1.807, 2.05) is 0 Å². The molecule has 5 nitrogen and oxygen atoms in total. The van der Waals surface area contributed by atoms with Crippen molar-refractivity contribution < 1.29 is 13.2 Å². The summed E-state index contributed by atoms with van der Waals surface area (Å²) < 4.78 is 23.3. The molecule has 126 valence electrons. The van der Waals surface area contributed by atoms with E-state index in [1.54, 1.807) is 12.1 Å². The lowest BCUT2D eigenvalue weighted by atomic mass is 9.67. The summed E-state index contributed by atoms with van der Waals surface area (Å²) in [5.41, 5.74) is 6.52. The number of hydrogen-bond acceptors (Lipinski definition) is 4. The average molecular weight is 336 g/mol. The van der Waals surface area contributed by atoms with Gasteiger partial charge in [-0.05, 0) is 55.7 Å². The van der Waals surface area contributed by atoms with Gasteiger partial charge in [0, 0.05) is 23.9 Å². The van der Waals surface area contributed by atoms with E-state index >= 15 is 0 Å². The zero-order chi connectivity index (χ0) is 16.6. The van der Waals surface area contributed by atoms with Crippen molar-refractivity contribution in [2.75, 3.05) is 6.26 Å². The molecule has 1 aromatic rings. The van der Waals surface area contributed by atoms with Gasteiger partial charge >= 0.3 is 0 Å². The number of carbonyl (C=O) groups excluding carboxylic acids is 1. The first-order chi connectivity index (χ1) is 10.8. The average Bonchev–Trinajstić information content (AvgIpc) is 2.47. The second-order valence-electron chi connectivity index (χ2n) is 6.98. The lowest BCUT2D eigenvalue weighted by molar-refractivity contribution is 0.0756. The number of sulfone groups is 1. The second kappa shape index (κ2) is 6.24. The molecular weight excluding hydrogens is 312 g/mol. The van der Waals surface area contributed by atoms with E-state index in [-0.39, 0.29) is 22.9 Å². The van der Waals surface area contributed by atoms with E-state index in [0.717, 1.165) is 31.9 Å². The number of rotatable bonds is 3. The number of fused-ring (bicyclic) bond motifs is 2. The molecule has 0 aromatic heterocycles. The number of nitrogens with two attached hydrogens (primary N) is 1. The maximum Gasteiger partial charge on any atom is 0.251 e. The Labute approximate surface area is 137 Å². The highest BCUT2D eigenvalue weighted by molar-refractivity contribution is 7.90. The van der Waals surface area contributed by atoms with Crippen molar-refractivity contribution in [2.45, 2.75) is 49.1 Å². The highest BCUT2D eigenvalue weighted by Crippen LogP contribution is 2.39. The maximum atomic E-state index is 12.6. The predicted molar refractivity (Wildman–Crippen MR) is 88.8 cm³/mol. The Hall–Kier alpha value is -1.40. The molecule has 2 atom stereocenters. The van der Waals surface area contributed by atoms with Crippen LogP contribution in [0.4, 0.5) is 0 Å². The van der Waals surface area contributed by atoms with Gasteiger partial charge in [0.15, 0.2) is 9.84 Å². The van der Waals surface area contributed by atoms with Gasteiger partial charge in [0.05, 0.1) is 4.90 Å². The molecule has 0 heterocycles. The van der Waals surface area contributed by atoms with Crippen molar-refractivity contribution in [2.24, 2.45) is 17.6 Å². The normalized spacial score (nSPS) is 30.7. The van der Waals surface area contributed by atoms with Gasteiger partial charge in [-0.25, -0.2) is 8.42 Å². The zero-order valence-electron chi connectivity index (χ0n) is 13.4. The Bertz CT molecular complexity index is 688. The molecule has 2 bridgehead atoms. The van der Waals surface area contributed by atoms with Crippen molar-refractivity contribution in [1.82, 2.24) is 5.32 Å². The van der Waals surface area contributed by atoms with E-state index in [2.05, 4.69) is 5.32 Å². The fourth-order valence-electron chi connectivity index (χ4n) is 4.13. The molecule has 0 saturated heterocycles. The standard InChI is InChI=1S/C17H24N2O3S/c1-23(21,22)15-7-3-6-13(10-15)17(20)19-16-11-4-2-5-12(16)9-14(18)8-11/h3,6-7,10-12,14,16H,2,4-5,8-9,18H2,1H3,(H,19,20). The smallest absolute Gasteiger partial charge is 0.251 e. The van der Waals surface area contributed by atoms with Crippen molar-refractivity contribution in [3.05, 3.63) is 29.8 Å². The van der Waals surface area contributed by atoms with Gasteiger partial charge in [0.25, 0.3) is 5.91 Å². The molecule has 2 aliphatic carbocycles. The fraction of sp³-hybridized carbons (Fsp3) is 0.588. The van der Waals surface area contributed by atoms with Gasteiger partial charge in [-0.15, -0.1) is 0 Å². The summed E-state index contributed by atoms with van der Waals surface area (Å²) in [5.74, 6) is 0.701. The molecule has 0 aliphatic heterocycles. The van der Waals surface area contributed by atoms with E-state index in [9.17, 15) is 13.2 Å². The fourth-order valence-corrected chi connectivity index (χ4v) is 4.79. The molecule has 1 aromatic carbocycles. The third-order valence-corrected chi connectivity index (χ3v) is 6.31. The number of amides is 1. The Kier molecular flexibility index (Phi) is 4.47. The summed E-state index contributed by atoms with van der Waals surface area (Å²) in [7, 11) is -3.31. The van der Waals surface area contributed by atoms with Gasteiger partial charge in [-0.2, -0.15) is 0 Å². The number of hydrogen-bond donors (Lipinski definition) is 2. The third-order valence-electron chi connectivity index (χ3n) is 5.20. The van der Waals surface area contributed by atoms with Crippen LogP contribution in [0.15, 0.2) is 29.2 Å². The molecule has 2 saturated carbocycles. The van der Waals surface area contributed by atoms with Gasteiger partial charge < -0.3 is 11.1 Å². The number of nitrogens with one attached hydrogen (secondary N) is 1. The first kappa shape index (κ1) is 16.5. The van der Waals surface area contributed by atoms with Crippen LogP contribution in [0.2, 0.25) is 0 Å². The first-order valence-electron chi connectivity index (χ1n) is 8.21. The number of carbonyl (C=O) groups is 1. The van der Waals surface area contributed by atoms with Crippen LogP contribution in [0, 0.1) is 11.8 Å². The summed E-state index contributed by atoms with van der Waals surface area (Å²) in [6.45, 7) is 0. The van der Waals surface area contributed by atoms with Crippen molar-refractivity contribution in [3.63, 3.8) is 0 Å². The van der Waals surface area contributed by atoms with Gasteiger partial charge in [0.1, 0.15) is 0 Å². The summed E-state index contributed by atoms with van der Waals surface area (Å²) in [6.07, 6.45) is 6.50. The Balaban J connectivity index is 1.77. The maximum absolute atomic E-state index is 12.6. The highest BCUT2D eigenvalue weighted by Gasteiger charge is 2.39. The Morgan fingerprint density at radius 3 is 2.48 bits per heavy atom. The van der Waals surface area contributed by atoms with Crippen LogP contribution >= 0.6 is 0 Å². The van der Waals surface area contributed by atoms with Crippen LogP contribution in [0.25, 0.3) is 0 Å². The van der Waals surface area contributed by atoms with Crippen LogP contribution in [0.1, 0.15) is 42.5 Å². The van der Waals surface area contributed by atoms with E-state index in [1.165, 1.54) is 18.6 Å². The molecule has 1 amide bonds. The lowest BCUT2D eigenvalue weighted by Crippen LogP contribution is -2.53. The van der Waals surface area contributed by atoms with E-state index in [4.69, 9.17) is 5.73 Å².